The minimum absolute atomic E-state index is 0.0261. The molecule has 1 heterocycles. The first-order valence-electron chi connectivity index (χ1n) is 7.07. The number of carboxylic acid groups (broad SMARTS) is 1. The van der Waals surface area contributed by atoms with Crippen LogP contribution in [0.3, 0.4) is 0 Å². The second kappa shape index (κ2) is 5.76. The van der Waals surface area contributed by atoms with Gasteiger partial charge in [0.2, 0.25) is 0 Å². The van der Waals surface area contributed by atoms with Gasteiger partial charge in [0, 0.05) is 13.0 Å². The van der Waals surface area contributed by atoms with Gasteiger partial charge >= 0.3 is 12.1 Å². The Morgan fingerprint density at radius 2 is 2.00 bits per heavy atom. The van der Waals surface area contributed by atoms with E-state index in [1.54, 1.807) is 4.90 Å². The quantitative estimate of drug-likeness (QED) is 0.927. The van der Waals surface area contributed by atoms with Gasteiger partial charge in [0.05, 0.1) is 6.04 Å². The van der Waals surface area contributed by atoms with Crippen LogP contribution in [0.4, 0.5) is 4.79 Å². The Morgan fingerprint density at radius 3 is 2.62 bits per heavy atom. The maximum atomic E-state index is 12.3. The molecular weight excluding hydrogens is 270 g/mol. The number of carboxylic acids is 1. The number of ether oxygens (including phenoxy) is 1. The van der Waals surface area contributed by atoms with E-state index in [2.05, 4.69) is 0 Å². The van der Waals surface area contributed by atoms with Crippen LogP contribution in [-0.2, 0) is 16.1 Å². The molecule has 1 unspecified atom stereocenters. The second-order valence-electron chi connectivity index (χ2n) is 6.26. The molecule has 0 spiro atoms. The number of hydrogen-bond donors (Lipinski definition) is 1. The van der Waals surface area contributed by atoms with Gasteiger partial charge in [0.15, 0.2) is 0 Å². The van der Waals surface area contributed by atoms with Gasteiger partial charge in [-0.1, -0.05) is 24.3 Å². The van der Waals surface area contributed by atoms with Crippen LogP contribution in [0.5, 0.6) is 0 Å². The van der Waals surface area contributed by atoms with Crippen LogP contribution >= 0.6 is 0 Å². The Balaban J connectivity index is 2.20. The molecule has 1 aromatic rings. The normalized spacial score (nSPS) is 17.5. The summed E-state index contributed by atoms with van der Waals surface area (Å²) in [6.07, 6.45) is 0.0262. The largest absolute Gasteiger partial charge is 0.481 e. The van der Waals surface area contributed by atoms with Crippen molar-refractivity contribution in [2.75, 3.05) is 0 Å². The highest BCUT2D eigenvalue weighted by atomic mass is 16.6. The van der Waals surface area contributed by atoms with E-state index in [4.69, 9.17) is 9.84 Å². The van der Waals surface area contributed by atoms with Crippen LogP contribution in [0.15, 0.2) is 24.3 Å². The number of carbonyl (C=O) groups is 2. The van der Waals surface area contributed by atoms with Gasteiger partial charge in [-0.05, 0) is 38.3 Å². The van der Waals surface area contributed by atoms with E-state index < -0.39 is 17.7 Å². The van der Waals surface area contributed by atoms with Crippen molar-refractivity contribution < 1.29 is 19.4 Å². The fraction of sp³-hybridized carbons (Fsp3) is 0.500. The molecule has 5 nitrogen and oxygen atoms in total. The molecule has 2 rings (SSSR count). The minimum Gasteiger partial charge on any atom is -0.481 e. The zero-order valence-electron chi connectivity index (χ0n) is 12.6. The average Bonchev–Trinajstić information content (AvgIpc) is 2.73. The van der Waals surface area contributed by atoms with Crippen molar-refractivity contribution in [3.63, 3.8) is 0 Å². The standard InChI is InChI=1S/C16H21NO4/c1-16(2,3)21-15(20)17-10-11-6-4-5-7-12(11)13(17)8-9-14(18)19/h4-7,13H,8-10H2,1-3H3,(H,18,19). The molecule has 1 atom stereocenters. The van der Waals surface area contributed by atoms with E-state index in [1.165, 1.54) is 0 Å². The number of benzene rings is 1. The van der Waals surface area contributed by atoms with Crippen LogP contribution in [-0.4, -0.2) is 27.7 Å². The van der Waals surface area contributed by atoms with E-state index in [1.807, 2.05) is 45.0 Å². The van der Waals surface area contributed by atoms with E-state index in [0.29, 0.717) is 13.0 Å². The minimum atomic E-state index is -0.858. The Labute approximate surface area is 124 Å². The first-order valence-corrected chi connectivity index (χ1v) is 7.07. The maximum Gasteiger partial charge on any atom is 0.411 e. The third-order valence-electron chi connectivity index (χ3n) is 3.39. The lowest BCUT2D eigenvalue weighted by atomic mass is 10.0. The fourth-order valence-corrected chi connectivity index (χ4v) is 2.55. The summed E-state index contributed by atoms with van der Waals surface area (Å²) in [6, 6.07) is 7.52. The molecule has 0 saturated carbocycles. The number of carbonyl (C=O) groups excluding carboxylic acids is 1. The third kappa shape index (κ3) is 3.74. The molecule has 0 aromatic heterocycles. The summed E-state index contributed by atoms with van der Waals surface area (Å²) in [4.78, 5) is 24.8. The Bertz CT molecular complexity index is 547. The zero-order chi connectivity index (χ0) is 15.6. The molecule has 1 amide bonds. The molecule has 0 fully saturated rings. The van der Waals surface area contributed by atoms with Crippen molar-refractivity contribution in [1.82, 2.24) is 4.90 Å². The second-order valence-corrected chi connectivity index (χ2v) is 6.26. The smallest absolute Gasteiger partial charge is 0.411 e. The summed E-state index contributed by atoms with van der Waals surface area (Å²) >= 11 is 0. The number of fused-ring (bicyclic) bond motifs is 1. The van der Waals surface area contributed by atoms with Crippen molar-refractivity contribution in [2.45, 2.75) is 51.8 Å². The number of hydrogen-bond acceptors (Lipinski definition) is 3. The first-order chi connectivity index (χ1) is 9.78. The van der Waals surface area contributed by atoms with Crippen molar-refractivity contribution >= 4 is 12.1 Å². The van der Waals surface area contributed by atoms with E-state index in [0.717, 1.165) is 11.1 Å². The molecule has 0 saturated heterocycles. The van der Waals surface area contributed by atoms with Gasteiger partial charge in [0.1, 0.15) is 5.60 Å². The molecule has 0 aliphatic carbocycles. The number of rotatable bonds is 3. The van der Waals surface area contributed by atoms with Crippen LogP contribution < -0.4 is 0 Å². The molecule has 1 aliphatic rings. The topological polar surface area (TPSA) is 66.8 Å². The van der Waals surface area contributed by atoms with Crippen LogP contribution in [0.1, 0.15) is 50.8 Å². The number of nitrogens with zero attached hydrogens (tertiary/aromatic N) is 1. The zero-order valence-corrected chi connectivity index (χ0v) is 12.6. The van der Waals surface area contributed by atoms with Crippen LogP contribution in [0.25, 0.3) is 0 Å². The highest BCUT2D eigenvalue weighted by Gasteiger charge is 2.35. The van der Waals surface area contributed by atoms with E-state index >= 15 is 0 Å². The van der Waals surface area contributed by atoms with Crippen LogP contribution in [0, 0.1) is 0 Å². The summed E-state index contributed by atoms with van der Waals surface area (Å²) in [5, 5.41) is 8.90. The third-order valence-corrected chi connectivity index (χ3v) is 3.39. The Hall–Kier alpha value is -2.04. The maximum absolute atomic E-state index is 12.3. The SMILES string of the molecule is CC(C)(C)OC(=O)N1Cc2ccccc2C1CCC(=O)O. The summed E-state index contributed by atoms with van der Waals surface area (Å²) in [5.41, 5.74) is 1.51. The van der Waals surface area contributed by atoms with Crippen LogP contribution in [0.2, 0.25) is 0 Å². The van der Waals surface area contributed by atoms with Gasteiger partial charge in [-0.15, -0.1) is 0 Å². The highest BCUT2D eigenvalue weighted by Crippen LogP contribution is 2.37. The lowest BCUT2D eigenvalue weighted by Gasteiger charge is -2.28. The lowest BCUT2D eigenvalue weighted by Crippen LogP contribution is -2.36. The molecule has 1 N–H and O–H groups in total. The lowest BCUT2D eigenvalue weighted by molar-refractivity contribution is -0.137. The predicted octanol–water partition coefficient (Wildman–Crippen LogP) is 3.34. The molecule has 5 heteroatoms. The molecule has 1 aliphatic heterocycles. The van der Waals surface area contributed by atoms with Crippen molar-refractivity contribution in [1.29, 1.82) is 0 Å². The van der Waals surface area contributed by atoms with Crippen molar-refractivity contribution in [2.24, 2.45) is 0 Å². The van der Waals surface area contributed by atoms with Crippen molar-refractivity contribution in [3.8, 4) is 0 Å². The highest BCUT2D eigenvalue weighted by molar-refractivity contribution is 5.71. The average molecular weight is 291 g/mol. The number of aliphatic carboxylic acids is 1. The van der Waals surface area contributed by atoms with Gasteiger partial charge in [-0.2, -0.15) is 0 Å². The first kappa shape index (κ1) is 15.4. The monoisotopic (exact) mass is 291 g/mol. The fourth-order valence-electron chi connectivity index (χ4n) is 2.55. The Kier molecular flexibility index (Phi) is 4.21. The van der Waals surface area contributed by atoms with Crippen molar-refractivity contribution in [3.05, 3.63) is 35.4 Å². The Morgan fingerprint density at radius 1 is 1.33 bits per heavy atom. The van der Waals surface area contributed by atoms with Gasteiger partial charge in [0.25, 0.3) is 0 Å². The molecular formula is C16H21NO4. The molecule has 0 radical (unpaired) electrons. The van der Waals surface area contributed by atoms with Gasteiger partial charge in [-0.25, -0.2) is 4.79 Å². The van der Waals surface area contributed by atoms with E-state index in [9.17, 15) is 9.59 Å². The van der Waals surface area contributed by atoms with Gasteiger partial charge < -0.3 is 9.84 Å². The molecule has 114 valence electrons. The molecule has 1 aromatic carbocycles. The molecule has 0 bridgehead atoms. The van der Waals surface area contributed by atoms with E-state index in [-0.39, 0.29) is 12.5 Å². The summed E-state index contributed by atoms with van der Waals surface area (Å²) in [7, 11) is 0. The molecule has 21 heavy (non-hydrogen) atoms. The summed E-state index contributed by atoms with van der Waals surface area (Å²) in [5.74, 6) is -0.858. The van der Waals surface area contributed by atoms with Gasteiger partial charge in [-0.3, -0.25) is 9.69 Å². The summed E-state index contributed by atoms with van der Waals surface area (Å²) < 4.78 is 5.43. The predicted molar refractivity (Wildman–Crippen MR) is 77.8 cm³/mol. The summed E-state index contributed by atoms with van der Waals surface area (Å²) in [6.45, 7) is 5.93. The number of amides is 1.